The molecule has 0 amide bonds. The third-order valence-corrected chi connectivity index (χ3v) is 4.20. The lowest BCUT2D eigenvalue weighted by Gasteiger charge is -2.29. The Bertz CT molecular complexity index is 695. The Kier molecular flexibility index (Phi) is 4.53. The molecule has 0 saturated heterocycles. The third-order valence-electron chi connectivity index (χ3n) is 4.20. The van der Waals surface area contributed by atoms with Gasteiger partial charge in [0, 0.05) is 12.1 Å². The van der Waals surface area contributed by atoms with E-state index in [-0.39, 0.29) is 11.9 Å². The molecule has 0 aromatic heterocycles. The van der Waals surface area contributed by atoms with Gasteiger partial charge in [-0.05, 0) is 55.2 Å². The van der Waals surface area contributed by atoms with Gasteiger partial charge in [-0.2, -0.15) is 0 Å². The molecule has 4 heteroatoms. The normalized spacial score (nSPS) is 16.8. The zero-order chi connectivity index (χ0) is 16.4. The molecule has 2 aromatic rings. The first-order valence-electron chi connectivity index (χ1n) is 7.97. The molecule has 0 radical (unpaired) electrons. The van der Waals surface area contributed by atoms with Crippen LogP contribution < -0.4 is 14.8 Å². The van der Waals surface area contributed by atoms with Crippen LogP contribution in [-0.4, -0.2) is 20.3 Å². The molecule has 0 aliphatic carbocycles. The molecule has 3 rings (SSSR count). The van der Waals surface area contributed by atoms with Crippen molar-refractivity contribution in [1.29, 1.82) is 0 Å². The Morgan fingerprint density at radius 3 is 2.78 bits per heavy atom. The lowest BCUT2D eigenvalue weighted by Crippen LogP contribution is -2.31. The quantitative estimate of drug-likeness (QED) is 0.931. The fraction of sp³-hybridized carbons (Fsp3) is 0.368. The number of aryl methyl sites for hydroxylation is 1. The number of benzene rings is 2. The Balaban J connectivity index is 2.10. The van der Waals surface area contributed by atoms with Crippen LogP contribution in [0.2, 0.25) is 0 Å². The van der Waals surface area contributed by atoms with Crippen LogP contribution in [-0.2, 0) is 6.42 Å². The number of rotatable bonds is 4. The minimum Gasteiger partial charge on any atom is -0.493 e. The van der Waals surface area contributed by atoms with Crippen LogP contribution in [0.25, 0.3) is 0 Å². The Labute approximate surface area is 136 Å². The van der Waals surface area contributed by atoms with Gasteiger partial charge in [0.25, 0.3) is 0 Å². The highest BCUT2D eigenvalue weighted by molar-refractivity contribution is 5.54. The van der Waals surface area contributed by atoms with Gasteiger partial charge in [0.2, 0.25) is 0 Å². The van der Waals surface area contributed by atoms with Gasteiger partial charge in [0.1, 0.15) is 5.82 Å². The average Bonchev–Trinajstić information content (AvgIpc) is 2.54. The molecule has 0 fully saturated rings. The maximum atomic E-state index is 13.8. The summed E-state index contributed by atoms with van der Waals surface area (Å²) in [5, 5.41) is 3.49. The summed E-state index contributed by atoms with van der Waals surface area (Å²) in [5.74, 6) is 1.36. The summed E-state index contributed by atoms with van der Waals surface area (Å²) in [6, 6.07) is 9.12. The molecular weight excluding hydrogens is 293 g/mol. The standard InChI is InChI=1S/C19H22FNO2/c1-4-23-19-16-7-8-21-18(15(16)5-6-17(19)22-3)13-9-12(2)10-14(20)11-13/h5-6,9-11,18,21H,4,7-8H2,1-3H3. The molecule has 0 saturated carbocycles. The van der Waals surface area contributed by atoms with Crippen molar-refractivity contribution in [1.82, 2.24) is 5.32 Å². The van der Waals surface area contributed by atoms with Crippen LogP contribution in [0, 0.1) is 12.7 Å². The van der Waals surface area contributed by atoms with E-state index in [4.69, 9.17) is 9.47 Å². The summed E-state index contributed by atoms with van der Waals surface area (Å²) in [6.45, 7) is 5.29. The molecule has 23 heavy (non-hydrogen) atoms. The maximum absolute atomic E-state index is 13.8. The van der Waals surface area contributed by atoms with Crippen molar-refractivity contribution in [3.05, 3.63) is 58.4 Å². The first-order chi connectivity index (χ1) is 11.1. The first kappa shape index (κ1) is 15.8. The van der Waals surface area contributed by atoms with E-state index in [1.54, 1.807) is 19.2 Å². The molecular formula is C19H22FNO2. The second-order valence-electron chi connectivity index (χ2n) is 5.80. The molecule has 3 nitrogen and oxygen atoms in total. The Morgan fingerprint density at radius 1 is 1.26 bits per heavy atom. The second kappa shape index (κ2) is 6.59. The number of fused-ring (bicyclic) bond motifs is 1. The van der Waals surface area contributed by atoms with Crippen molar-refractivity contribution in [3.8, 4) is 11.5 Å². The molecule has 1 heterocycles. The fourth-order valence-electron chi connectivity index (χ4n) is 3.29. The Morgan fingerprint density at radius 2 is 2.09 bits per heavy atom. The van der Waals surface area contributed by atoms with Crippen LogP contribution in [0.4, 0.5) is 4.39 Å². The first-order valence-corrected chi connectivity index (χ1v) is 7.97. The molecule has 1 unspecified atom stereocenters. The second-order valence-corrected chi connectivity index (χ2v) is 5.80. The highest BCUT2D eigenvalue weighted by atomic mass is 19.1. The van der Waals surface area contributed by atoms with Crippen LogP contribution in [0.15, 0.2) is 30.3 Å². The van der Waals surface area contributed by atoms with E-state index < -0.39 is 0 Å². The maximum Gasteiger partial charge on any atom is 0.164 e. The number of ether oxygens (including phenoxy) is 2. The van der Waals surface area contributed by atoms with Crippen molar-refractivity contribution >= 4 is 0 Å². The summed E-state index contributed by atoms with van der Waals surface area (Å²) in [7, 11) is 1.65. The largest absolute Gasteiger partial charge is 0.493 e. The lowest BCUT2D eigenvalue weighted by molar-refractivity contribution is 0.305. The van der Waals surface area contributed by atoms with Crippen molar-refractivity contribution < 1.29 is 13.9 Å². The number of hydrogen-bond acceptors (Lipinski definition) is 3. The molecule has 122 valence electrons. The fourth-order valence-corrected chi connectivity index (χ4v) is 3.29. The number of methoxy groups -OCH3 is 1. The SMILES string of the molecule is CCOc1c(OC)ccc2c1CCNC2c1cc(C)cc(F)c1. The van der Waals surface area contributed by atoms with Gasteiger partial charge in [0.15, 0.2) is 11.5 Å². The minimum atomic E-state index is -0.201. The van der Waals surface area contributed by atoms with Crippen molar-refractivity contribution in [2.24, 2.45) is 0 Å². The predicted molar refractivity (Wildman–Crippen MR) is 88.8 cm³/mol. The van der Waals surface area contributed by atoms with Gasteiger partial charge in [-0.1, -0.05) is 12.1 Å². The highest BCUT2D eigenvalue weighted by Crippen LogP contribution is 2.40. The van der Waals surface area contributed by atoms with Gasteiger partial charge < -0.3 is 14.8 Å². The number of halogens is 1. The summed E-state index contributed by atoms with van der Waals surface area (Å²) < 4.78 is 25.1. The van der Waals surface area contributed by atoms with Gasteiger partial charge in [-0.15, -0.1) is 0 Å². The molecule has 1 aliphatic rings. The van der Waals surface area contributed by atoms with Gasteiger partial charge >= 0.3 is 0 Å². The van der Waals surface area contributed by atoms with Gasteiger partial charge in [-0.25, -0.2) is 4.39 Å². The topological polar surface area (TPSA) is 30.5 Å². The third kappa shape index (κ3) is 3.04. The summed E-state index contributed by atoms with van der Waals surface area (Å²) in [4.78, 5) is 0. The van der Waals surface area contributed by atoms with Gasteiger partial charge in [-0.3, -0.25) is 0 Å². The van der Waals surface area contributed by atoms with E-state index in [9.17, 15) is 4.39 Å². The van der Waals surface area contributed by atoms with Crippen LogP contribution in [0.5, 0.6) is 11.5 Å². The lowest BCUT2D eigenvalue weighted by atomic mass is 9.88. The van der Waals surface area contributed by atoms with Crippen molar-refractivity contribution in [2.75, 3.05) is 20.3 Å². The Hall–Kier alpha value is -2.07. The molecule has 0 bridgehead atoms. The van der Waals surface area contributed by atoms with Crippen LogP contribution in [0.3, 0.4) is 0 Å². The minimum absolute atomic E-state index is 0.0294. The summed E-state index contributed by atoms with van der Waals surface area (Å²) in [5.41, 5.74) is 4.14. The zero-order valence-corrected chi connectivity index (χ0v) is 13.8. The molecule has 0 spiro atoms. The number of hydrogen-bond donors (Lipinski definition) is 1. The zero-order valence-electron chi connectivity index (χ0n) is 13.8. The monoisotopic (exact) mass is 315 g/mol. The molecule has 1 atom stereocenters. The van der Waals surface area contributed by atoms with Crippen molar-refractivity contribution in [2.45, 2.75) is 26.3 Å². The average molecular weight is 315 g/mol. The van der Waals surface area contributed by atoms with Crippen LogP contribution >= 0.6 is 0 Å². The van der Waals surface area contributed by atoms with Crippen LogP contribution in [0.1, 0.15) is 35.2 Å². The number of nitrogens with one attached hydrogen (secondary N) is 1. The van der Waals surface area contributed by atoms with Gasteiger partial charge in [0.05, 0.1) is 19.8 Å². The summed E-state index contributed by atoms with van der Waals surface area (Å²) >= 11 is 0. The smallest absolute Gasteiger partial charge is 0.164 e. The molecule has 1 aliphatic heterocycles. The molecule has 2 aromatic carbocycles. The van der Waals surface area contributed by atoms with Crippen molar-refractivity contribution in [3.63, 3.8) is 0 Å². The van der Waals surface area contributed by atoms with E-state index >= 15 is 0 Å². The van der Waals surface area contributed by atoms with E-state index in [2.05, 4.69) is 5.32 Å². The predicted octanol–water partition coefficient (Wildman–Crippen LogP) is 3.78. The van der Waals surface area contributed by atoms with E-state index in [0.29, 0.717) is 6.61 Å². The summed E-state index contributed by atoms with van der Waals surface area (Å²) in [6.07, 6.45) is 0.868. The van der Waals surface area contributed by atoms with E-state index in [1.807, 2.05) is 32.0 Å². The highest BCUT2D eigenvalue weighted by Gasteiger charge is 2.26. The molecule has 1 N–H and O–H groups in total. The van der Waals surface area contributed by atoms with E-state index in [0.717, 1.165) is 46.7 Å². The van der Waals surface area contributed by atoms with E-state index in [1.165, 1.54) is 0 Å².